The van der Waals surface area contributed by atoms with Gasteiger partial charge in [0.1, 0.15) is 11.5 Å². The molecular weight excluding hydrogens is 229 g/mol. The zero-order valence-electron chi connectivity index (χ0n) is 8.54. The zero-order valence-corrected chi connectivity index (χ0v) is 9.29. The van der Waals surface area contributed by atoms with E-state index in [0.29, 0.717) is 22.1 Å². The molecule has 5 heteroatoms. The van der Waals surface area contributed by atoms with E-state index in [1.807, 2.05) is 0 Å². The molecule has 0 radical (unpaired) electrons. The van der Waals surface area contributed by atoms with Crippen molar-refractivity contribution in [2.45, 2.75) is 0 Å². The van der Waals surface area contributed by atoms with Gasteiger partial charge in [-0.05, 0) is 18.2 Å². The number of hydrogen-bond acceptors (Lipinski definition) is 3. The number of hydrogen-bond donors (Lipinski definition) is 1. The van der Waals surface area contributed by atoms with Gasteiger partial charge >= 0.3 is 0 Å². The summed E-state index contributed by atoms with van der Waals surface area (Å²) in [5.41, 5.74) is 1.26. The van der Waals surface area contributed by atoms with Gasteiger partial charge in [-0.15, -0.1) is 0 Å². The SMILES string of the molecule is CNc1nccnc1-c1ccc(F)cc1Cl. The van der Waals surface area contributed by atoms with Gasteiger partial charge in [-0.3, -0.25) is 4.98 Å². The van der Waals surface area contributed by atoms with Crippen LogP contribution in [0.5, 0.6) is 0 Å². The topological polar surface area (TPSA) is 37.8 Å². The highest BCUT2D eigenvalue weighted by molar-refractivity contribution is 6.33. The molecule has 0 unspecified atom stereocenters. The molecule has 0 amide bonds. The van der Waals surface area contributed by atoms with Crippen LogP contribution in [0.4, 0.5) is 10.2 Å². The number of anilines is 1. The van der Waals surface area contributed by atoms with E-state index in [9.17, 15) is 4.39 Å². The number of aromatic nitrogens is 2. The highest BCUT2D eigenvalue weighted by Gasteiger charge is 2.10. The first-order valence-electron chi connectivity index (χ1n) is 4.66. The molecule has 0 bridgehead atoms. The fraction of sp³-hybridized carbons (Fsp3) is 0.0909. The van der Waals surface area contributed by atoms with Gasteiger partial charge in [0.15, 0.2) is 5.82 Å². The van der Waals surface area contributed by atoms with Crippen LogP contribution in [0, 0.1) is 5.82 Å². The van der Waals surface area contributed by atoms with Gasteiger partial charge in [-0.25, -0.2) is 9.37 Å². The molecule has 0 saturated heterocycles. The van der Waals surface area contributed by atoms with Gasteiger partial charge < -0.3 is 5.32 Å². The Morgan fingerprint density at radius 3 is 2.69 bits per heavy atom. The van der Waals surface area contributed by atoms with Gasteiger partial charge in [-0.2, -0.15) is 0 Å². The standard InChI is InChI=1S/C11H9ClFN3/c1-14-11-10(15-4-5-16-11)8-3-2-7(13)6-9(8)12/h2-6H,1H3,(H,14,16). The van der Waals surface area contributed by atoms with E-state index in [1.54, 1.807) is 25.5 Å². The first-order chi connectivity index (χ1) is 7.72. The molecule has 1 heterocycles. The Hall–Kier alpha value is -1.68. The quantitative estimate of drug-likeness (QED) is 0.873. The number of benzene rings is 1. The lowest BCUT2D eigenvalue weighted by molar-refractivity contribution is 0.628. The third-order valence-corrected chi connectivity index (χ3v) is 2.43. The van der Waals surface area contributed by atoms with Gasteiger partial charge in [0, 0.05) is 25.0 Å². The van der Waals surface area contributed by atoms with Crippen molar-refractivity contribution < 1.29 is 4.39 Å². The van der Waals surface area contributed by atoms with Crippen LogP contribution in [0.25, 0.3) is 11.3 Å². The first-order valence-corrected chi connectivity index (χ1v) is 5.04. The molecule has 0 aliphatic rings. The molecule has 3 nitrogen and oxygen atoms in total. The lowest BCUT2D eigenvalue weighted by Gasteiger charge is -2.07. The van der Waals surface area contributed by atoms with Crippen molar-refractivity contribution >= 4 is 17.4 Å². The molecule has 2 aromatic rings. The molecule has 0 spiro atoms. The molecule has 0 aliphatic carbocycles. The number of rotatable bonds is 2. The summed E-state index contributed by atoms with van der Waals surface area (Å²) in [5, 5.41) is 3.23. The van der Waals surface area contributed by atoms with Crippen LogP contribution in [0.15, 0.2) is 30.6 Å². The van der Waals surface area contributed by atoms with Crippen LogP contribution in [0.3, 0.4) is 0 Å². The predicted molar refractivity (Wildman–Crippen MR) is 62.0 cm³/mol. The summed E-state index contributed by atoms with van der Waals surface area (Å²) in [7, 11) is 1.74. The van der Waals surface area contributed by atoms with Crippen molar-refractivity contribution in [3.63, 3.8) is 0 Å². The third kappa shape index (κ3) is 1.97. The predicted octanol–water partition coefficient (Wildman–Crippen LogP) is 2.98. The van der Waals surface area contributed by atoms with Crippen molar-refractivity contribution in [3.05, 3.63) is 41.4 Å². The molecule has 1 aromatic carbocycles. The zero-order chi connectivity index (χ0) is 11.5. The van der Waals surface area contributed by atoms with E-state index in [-0.39, 0.29) is 5.82 Å². The molecule has 0 fully saturated rings. The molecule has 0 saturated carbocycles. The highest BCUT2D eigenvalue weighted by Crippen LogP contribution is 2.30. The van der Waals surface area contributed by atoms with Gasteiger partial charge in [0.25, 0.3) is 0 Å². The Labute approximate surface area is 97.3 Å². The summed E-state index contributed by atoms with van der Waals surface area (Å²) in [6.45, 7) is 0. The Bertz CT molecular complexity index is 516. The molecule has 16 heavy (non-hydrogen) atoms. The molecule has 1 N–H and O–H groups in total. The molecule has 2 rings (SSSR count). The monoisotopic (exact) mass is 237 g/mol. The van der Waals surface area contributed by atoms with E-state index < -0.39 is 0 Å². The lowest BCUT2D eigenvalue weighted by Crippen LogP contribution is -1.97. The summed E-state index contributed by atoms with van der Waals surface area (Å²) in [6, 6.07) is 4.18. The third-order valence-electron chi connectivity index (χ3n) is 2.12. The van der Waals surface area contributed by atoms with Crippen molar-refractivity contribution in [1.82, 2.24) is 9.97 Å². The summed E-state index contributed by atoms with van der Waals surface area (Å²) in [5.74, 6) is 0.236. The number of nitrogens with zero attached hydrogens (tertiary/aromatic N) is 2. The maximum atomic E-state index is 12.9. The molecule has 0 aliphatic heterocycles. The Kier molecular flexibility index (Phi) is 3.01. The fourth-order valence-corrected chi connectivity index (χ4v) is 1.66. The van der Waals surface area contributed by atoms with Crippen molar-refractivity contribution in [2.24, 2.45) is 0 Å². The molecule has 0 atom stereocenters. The van der Waals surface area contributed by atoms with Gasteiger partial charge in [-0.1, -0.05) is 11.6 Å². The van der Waals surface area contributed by atoms with E-state index in [0.717, 1.165) is 0 Å². The largest absolute Gasteiger partial charge is 0.371 e. The minimum atomic E-state index is -0.372. The lowest BCUT2D eigenvalue weighted by atomic mass is 10.1. The van der Waals surface area contributed by atoms with Crippen molar-refractivity contribution in [3.8, 4) is 11.3 Å². The first kappa shape index (κ1) is 10.8. The normalized spacial score (nSPS) is 10.2. The Morgan fingerprint density at radius 2 is 2.00 bits per heavy atom. The van der Waals surface area contributed by atoms with E-state index in [1.165, 1.54) is 12.1 Å². The number of nitrogens with one attached hydrogen (secondary N) is 1. The van der Waals surface area contributed by atoms with Crippen molar-refractivity contribution in [1.29, 1.82) is 0 Å². The molecule has 1 aromatic heterocycles. The second-order valence-corrected chi connectivity index (χ2v) is 3.53. The van der Waals surface area contributed by atoms with Crippen LogP contribution in [-0.2, 0) is 0 Å². The van der Waals surface area contributed by atoms with Crippen LogP contribution in [-0.4, -0.2) is 17.0 Å². The average Bonchev–Trinajstić information content (AvgIpc) is 2.29. The maximum Gasteiger partial charge on any atom is 0.152 e. The highest BCUT2D eigenvalue weighted by atomic mass is 35.5. The summed E-state index contributed by atoms with van der Waals surface area (Å²) >= 11 is 5.96. The molecule has 82 valence electrons. The van der Waals surface area contributed by atoms with Crippen LogP contribution in [0.2, 0.25) is 5.02 Å². The maximum absolute atomic E-state index is 12.9. The summed E-state index contributed by atoms with van der Waals surface area (Å²) in [4.78, 5) is 8.29. The Balaban J connectivity index is 2.58. The smallest absolute Gasteiger partial charge is 0.152 e. The number of halogens is 2. The fourth-order valence-electron chi connectivity index (χ4n) is 1.40. The average molecular weight is 238 g/mol. The van der Waals surface area contributed by atoms with E-state index >= 15 is 0 Å². The van der Waals surface area contributed by atoms with Crippen LogP contribution in [0.1, 0.15) is 0 Å². The summed E-state index contributed by atoms with van der Waals surface area (Å²) < 4.78 is 12.9. The molecular formula is C11H9ClFN3. The minimum absolute atomic E-state index is 0.317. The van der Waals surface area contributed by atoms with Crippen LogP contribution < -0.4 is 5.32 Å². The van der Waals surface area contributed by atoms with E-state index in [4.69, 9.17) is 11.6 Å². The second-order valence-electron chi connectivity index (χ2n) is 3.13. The van der Waals surface area contributed by atoms with Gasteiger partial charge in [0.05, 0.1) is 5.02 Å². The summed E-state index contributed by atoms with van der Waals surface area (Å²) in [6.07, 6.45) is 3.14. The minimum Gasteiger partial charge on any atom is -0.371 e. The van der Waals surface area contributed by atoms with Crippen molar-refractivity contribution in [2.75, 3.05) is 12.4 Å². The van der Waals surface area contributed by atoms with Gasteiger partial charge in [0.2, 0.25) is 0 Å². The van der Waals surface area contributed by atoms with E-state index in [2.05, 4.69) is 15.3 Å². The van der Waals surface area contributed by atoms with Crippen LogP contribution >= 0.6 is 11.6 Å². The second kappa shape index (κ2) is 4.45. The Morgan fingerprint density at radius 1 is 1.25 bits per heavy atom.